The molecule has 0 aliphatic carbocycles. The molecule has 0 radical (unpaired) electrons. The summed E-state index contributed by atoms with van der Waals surface area (Å²) < 4.78 is 11.1. The van der Waals surface area contributed by atoms with Gasteiger partial charge in [0.15, 0.2) is 0 Å². The van der Waals surface area contributed by atoms with Crippen LogP contribution in [0.2, 0.25) is 5.02 Å². The number of ether oxygens (including phenoxy) is 2. The number of amides is 1. The maximum Gasteiger partial charge on any atom is 0.226 e. The van der Waals surface area contributed by atoms with E-state index in [0.29, 0.717) is 35.4 Å². The quantitative estimate of drug-likeness (QED) is 0.867. The largest absolute Gasteiger partial charge is 0.492 e. The van der Waals surface area contributed by atoms with Gasteiger partial charge in [0.1, 0.15) is 5.75 Å². The zero-order valence-electron chi connectivity index (χ0n) is 12.5. The minimum absolute atomic E-state index is 0.0474. The number of hydrogen-bond donors (Lipinski definition) is 1. The molecule has 0 spiro atoms. The summed E-state index contributed by atoms with van der Waals surface area (Å²) in [6.45, 7) is 5.53. The van der Waals surface area contributed by atoms with Gasteiger partial charge >= 0.3 is 0 Å². The summed E-state index contributed by atoms with van der Waals surface area (Å²) in [4.78, 5) is 11.9. The predicted octanol–water partition coefficient (Wildman–Crippen LogP) is 3.88. The Morgan fingerprint density at radius 3 is 2.95 bits per heavy atom. The lowest BCUT2D eigenvalue weighted by Crippen LogP contribution is -2.19. The van der Waals surface area contributed by atoms with Gasteiger partial charge in [-0.25, -0.2) is 0 Å². The molecule has 1 aliphatic heterocycles. The van der Waals surface area contributed by atoms with Crippen LogP contribution < -0.4 is 10.1 Å². The van der Waals surface area contributed by atoms with E-state index in [2.05, 4.69) is 19.2 Å². The molecule has 4 nitrogen and oxygen atoms in total. The van der Waals surface area contributed by atoms with E-state index in [9.17, 15) is 4.79 Å². The van der Waals surface area contributed by atoms with Gasteiger partial charge in [-0.05, 0) is 37.0 Å². The van der Waals surface area contributed by atoms with Crippen molar-refractivity contribution < 1.29 is 14.3 Å². The van der Waals surface area contributed by atoms with Crippen LogP contribution in [0.4, 0.5) is 5.69 Å². The summed E-state index contributed by atoms with van der Waals surface area (Å²) in [5, 5.41) is 3.35. The number of halogens is 1. The molecule has 1 fully saturated rings. The van der Waals surface area contributed by atoms with E-state index < -0.39 is 0 Å². The molecule has 1 N–H and O–H groups in total. The molecule has 1 saturated heterocycles. The summed E-state index contributed by atoms with van der Waals surface area (Å²) in [6, 6.07) is 5.30. The molecule has 1 aromatic carbocycles. The van der Waals surface area contributed by atoms with Crippen LogP contribution in [0.3, 0.4) is 0 Å². The second-order valence-electron chi connectivity index (χ2n) is 5.74. The van der Waals surface area contributed by atoms with Crippen LogP contribution in [0.25, 0.3) is 0 Å². The van der Waals surface area contributed by atoms with Crippen molar-refractivity contribution in [2.45, 2.75) is 39.2 Å². The standard InChI is InChI=1S/C16H22ClNO3/c1-11(2)10-21-15-6-5-12(8-14(15)17)18-16(19)9-13-4-3-7-20-13/h5-6,8,11,13H,3-4,7,9-10H2,1-2H3,(H,18,19)/t13-/m0/s1. The average molecular weight is 312 g/mol. The van der Waals surface area contributed by atoms with E-state index in [4.69, 9.17) is 21.1 Å². The molecule has 116 valence electrons. The number of carbonyl (C=O) groups is 1. The van der Waals surface area contributed by atoms with Gasteiger partial charge < -0.3 is 14.8 Å². The normalized spacial score (nSPS) is 18.0. The average Bonchev–Trinajstić information content (AvgIpc) is 2.90. The van der Waals surface area contributed by atoms with E-state index in [0.717, 1.165) is 19.4 Å². The molecule has 1 amide bonds. The van der Waals surface area contributed by atoms with Gasteiger partial charge in [0.2, 0.25) is 5.91 Å². The summed E-state index contributed by atoms with van der Waals surface area (Å²) in [6.07, 6.45) is 2.43. The van der Waals surface area contributed by atoms with E-state index in [1.165, 1.54) is 0 Å². The fourth-order valence-electron chi connectivity index (χ4n) is 2.18. The van der Waals surface area contributed by atoms with Gasteiger partial charge in [-0.3, -0.25) is 4.79 Å². The maximum absolute atomic E-state index is 11.9. The SMILES string of the molecule is CC(C)COc1ccc(NC(=O)C[C@@H]2CCCO2)cc1Cl. The second kappa shape index (κ2) is 7.66. The van der Waals surface area contributed by atoms with Gasteiger partial charge in [-0.1, -0.05) is 25.4 Å². The lowest BCUT2D eigenvalue weighted by atomic mass is 10.1. The van der Waals surface area contributed by atoms with Crippen molar-refractivity contribution in [3.8, 4) is 5.75 Å². The van der Waals surface area contributed by atoms with Crippen molar-refractivity contribution in [1.29, 1.82) is 0 Å². The van der Waals surface area contributed by atoms with Crippen LogP contribution in [-0.4, -0.2) is 25.2 Å². The Bertz CT molecular complexity index is 484. The third-order valence-corrected chi connectivity index (χ3v) is 3.52. The third kappa shape index (κ3) is 5.21. The first-order valence-corrected chi connectivity index (χ1v) is 7.76. The number of benzene rings is 1. The van der Waals surface area contributed by atoms with Crippen molar-refractivity contribution in [2.75, 3.05) is 18.5 Å². The molecule has 1 aliphatic rings. The van der Waals surface area contributed by atoms with Crippen LogP contribution in [0.1, 0.15) is 33.1 Å². The monoisotopic (exact) mass is 311 g/mol. The van der Waals surface area contributed by atoms with E-state index >= 15 is 0 Å². The molecule has 1 atom stereocenters. The number of hydrogen-bond acceptors (Lipinski definition) is 3. The summed E-state index contributed by atoms with van der Waals surface area (Å²) >= 11 is 6.17. The van der Waals surface area contributed by atoms with Crippen LogP contribution in [-0.2, 0) is 9.53 Å². The van der Waals surface area contributed by atoms with E-state index in [1.807, 2.05) is 0 Å². The van der Waals surface area contributed by atoms with Crippen LogP contribution in [0, 0.1) is 5.92 Å². The minimum Gasteiger partial charge on any atom is -0.492 e. The van der Waals surface area contributed by atoms with Gasteiger partial charge in [0, 0.05) is 12.3 Å². The topological polar surface area (TPSA) is 47.6 Å². The van der Waals surface area contributed by atoms with Crippen LogP contribution in [0.5, 0.6) is 5.75 Å². The Kier molecular flexibility index (Phi) is 5.88. The summed E-state index contributed by atoms with van der Waals surface area (Å²) in [5.74, 6) is 1.03. The van der Waals surface area contributed by atoms with Crippen molar-refractivity contribution in [3.05, 3.63) is 23.2 Å². The molecular formula is C16H22ClNO3. The van der Waals surface area contributed by atoms with Crippen molar-refractivity contribution >= 4 is 23.2 Å². The smallest absolute Gasteiger partial charge is 0.226 e. The molecule has 21 heavy (non-hydrogen) atoms. The fraction of sp³-hybridized carbons (Fsp3) is 0.562. The predicted molar refractivity (Wildman–Crippen MR) is 84.0 cm³/mol. The van der Waals surface area contributed by atoms with Gasteiger partial charge in [-0.2, -0.15) is 0 Å². The Morgan fingerprint density at radius 1 is 1.52 bits per heavy atom. The number of carbonyl (C=O) groups excluding carboxylic acids is 1. The Morgan fingerprint density at radius 2 is 2.33 bits per heavy atom. The van der Waals surface area contributed by atoms with Gasteiger partial charge in [-0.15, -0.1) is 0 Å². The van der Waals surface area contributed by atoms with Crippen LogP contribution >= 0.6 is 11.6 Å². The zero-order valence-corrected chi connectivity index (χ0v) is 13.3. The Hall–Kier alpha value is -1.26. The third-order valence-electron chi connectivity index (χ3n) is 3.22. The fourth-order valence-corrected chi connectivity index (χ4v) is 2.41. The van der Waals surface area contributed by atoms with Crippen molar-refractivity contribution in [2.24, 2.45) is 5.92 Å². The van der Waals surface area contributed by atoms with Crippen molar-refractivity contribution in [1.82, 2.24) is 0 Å². The van der Waals surface area contributed by atoms with Crippen molar-refractivity contribution in [3.63, 3.8) is 0 Å². The molecule has 2 rings (SSSR count). The molecule has 0 unspecified atom stereocenters. The first kappa shape index (κ1) is 16.1. The van der Waals surface area contributed by atoms with E-state index in [1.54, 1.807) is 18.2 Å². The molecular weight excluding hydrogens is 290 g/mol. The Balaban J connectivity index is 1.88. The molecule has 0 saturated carbocycles. The Labute approximate surface area is 130 Å². The molecule has 0 aromatic heterocycles. The lowest BCUT2D eigenvalue weighted by Gasteiger charge is -2.13. The first-order chi connectivity index (χ1) is 10.0. The highest BCUT2D eigenvalue weighted by molar-refractivity contribution is 6.32. The maximum atomic E-state index is 11.9. The summed E-state index contributed by atoms with van der Waals surface area (Å²) in [7, 11) is 0. The van der Waals surface area contributed by atoms with Gasteiger partial charge in [0.25, 0.3) is 0 Å². The lowest BCUT2D eigenvalue weighted by molar-refractivity contribution is -0.118. The van der Waals surface area contributed by atoms with E-state index in [-0.39, 0.29) is 12.0 Å². The second-order valence-corrected chi connectivity index (χ2v) is 6.14. The number of rotatable bonds is 6. The minimum atomic E-state index is -0.0474. The molecule has 5 heteroatoms. The summed E-state index contributed by atoms with van der Waals surface area (Å²) in [5.41, 5.74) is 0.680. The highest BCUT2D eigenvalue weighted by atomic mass is 35.5. The first-order valence-electron chi connectivity index (χ1n) is 7.38. The molecule has 1 aromatic rings. The highest BCUT2D eigenvalue weighted by Gasteiger charge is 2.19. The zero-order chi connectivity index (χ0) is 15.2. The molecule has 0 bridgehead atoms. The highest BCUT2D eigenvalue weighted by Crippen LogP contribution is 2.28. The number of nitrogens with one attached hydrogen (secondary N) is 1. The van der Waals surface area contributed by atoms with Gasteiger partial charge in [0.05, 0.1) is 24.2 Å². The van der Waals surface area contributed by atoms with Crippen LogP contribution in [0.15, 0.2) is 18.2 Å². The number of anilines is 1. The molecule has 1 heterocycles.